The highest BCUT2D eigenvalue weighted by Crippen LogP contribution is 2.29. The summed E-state index contributed by atoms with van der Waals surface area (Å²) in [5.74, 6) is -3.51. The molecule has 2 unspecified atom stereocenters. The molecule has 106 valence electrons. The van der Waals surface area contributed by atoms with Crippen molar-refractivity contribution in [3.8, 4) is 0 Å². The normalized spacial score (nSPS) is 22.7. The van der Waals surface area contributed by atoms with Crippen molar-refractivity contribution >= 4 is 6.29 Å². The maximum absolute atomic E-state index is 13.5. The van der Waals surface area contributed by atoms with Crippen LogP contribution in [0.1, 0.15) is 39.0 Å². The second kappa shape index (κ2) is 7.79. The highest BCUT2D eigenvalue weighted by atomic mass is 19.3. The quantitative estimate of drug-likeness (QED) is 0.540. The van der Waals surface area contributed by atoms with Gasteiger partial charge in [0.25, 0.3) is 0 Å². The fourth-order valence-corrected chi connectivity index (χ4v) is 2.25. The summed E-state index contributed by atoms with van der Waals surface area (Å²) < 4.78 is 32.1. The summed E-state index contributed by atoms with van der Waals surface area (Å²) in [4.78, 5) is 10.1. The minimum Gasteiger partial charge on any atom is -0.380 e. The first kappa shape index (κ1) is 15.5. The summed E-state index contributed by atoms with van der Waals surface area (Å²) in [6.07, 6.45) is 4.63. The summed E-state index contributed by atoms with van der Waals surface area (Å²) in [6.45, 7) is 2.12. The molecule has 0 spiro atoms. The molecular formula is C13H23F2NO2. The number of ether oxygens (including phenoxy) is 1. The second-order valence-corrected chi connectivity index (χ2v) is 5.07. The smallest absolute Gasteiger partial charge is 0.250 e. The largest absolute Gasteiger partial charge is 0.380 e. The van der Waals surface area contributed by atoms with Gasteiger partial charge < -0.3 is 14.8 Å². The Morgan fingerprint density at radius 3 is 2.83 bits per heavy atom. The molecule has 0 aromatic rings. The van der Waals surface area contributed by atoms with Crippen LogP contribution in [0.15, 0.2) is 0 Å². The monoisotopic (exact) mass is 263 g/mol. The number of aldehydes is 1. The van der Waals surface area contributed by atoms with Crippen LogP contribution in [0.2, 0.25) is 0 Å². The van der Waals surface area contributed by atoms with Gasteiger partial charge in [-0.15, -0.1) is 0 Å². The summed E-state index contributed by atoms with van der Waals surface area (Å²) in [7, 11) is 0. The first-order valence-electron chi connectivity index (χ1n) is 6.66. The van der Waals surface area contributed by atoms with E-state index in [0.717, 1.165) is 39.0 Å². The van der Waals surface area contributed by atoms with Crippen molar-refractivity contribution in [2.24, 2.45) is 5.92 Å². The van der Waals surface area contributed by atoms with Crippen molar-refractivity contribution in [3.05, 3.63) is 0 Å². The highest BCUT2D eigenvalue weighted by Gasteiger charge is 2.36. The number of piperidine rings is 1. The molecule has 0 radical (unpaired) electrons. The maximum atomic E-state index is 13.5. The van der Waals surface area contributed by atoms with Crippen LogP contribution in [0.25, 0.3) is 0 Å². The van der Waals surface area contributed by atoms with Gasteiger partial charge in [0.2, 0.25) is 5.92 Å². The van der Waals surface area contributed by atoms with E-state index in [1.54, 1.807) is 0 Å². The van der Waals surface area contributed by atoms with E-state index >= 15 is 0 Å². The first-order chi connectivity index (χ1) is 8.54. The molecule has 0 aromatic carbocycles. The number of halogens is 2. The van der Waals surface area contributed by atoms with Crippen LogP contribution in [0.3, 0.4) is 0 Å². The van der Waals surface area contributed by atoms with Crippen LogP contribution in [0.4, 0.5) is 8.78 Å². The van der Waals surface area contributed by atoms with Crippen molar-refractivity contribution in [1.82, 2.24) is 5.32 Å². The number of hydrogen-bond donors (Lipinski definition) is 1. The zero-order valence-corrected chi connectivity index (χ0v) is 11.0. The van der Waals surface area contributed by atoms with Gasteiger partial charge in [0, 0.05) is 18.4 Å². The fourth-order valence-electron chi connectivity index (χ4n) is 2.25. The maximum Gasteiger partial charge on any atom is 0.250 e. The van der Waals surface area contributed by atoms with E-state index in [9.17, 15) is 13.6 Å². The minimum absolute atomic E-state index is 0.0233. The van der Waals surface area contributed by atoms with E-state index in [-0.39, 0.29) is 25.7 Å². The molecule has 1 N–H and O–H groups in total. The predicted molar refractivity (Wildman–Crippen MR) is 65.9 cm³/mol. The Hall–Kier alpha value is -0.550. The van der Waals surface area contributed by atoms with Crippen molar-refractivity contribution in [2.45, 2.75) is 51.0 Å². The number of nitrogens with one attached hydrogen (secondary N) is 1. The molecule has 18 heavy (non-hydrogen) atoms. The number of rotatable bonds is 8. The summed E-state index contributed by atoms with van der Waals surface area (Å²) in [5.41, 5.74) is 0. The van der Waals surface area contributed by atoms with Crippen molar-refractivity contribution in [1.29, 1.82) is 0 Å². The lowest BCUT2D eigenvalue weighted by Crippen LogP contribution is -2.40. The van der Waals surface area contributed by atoms with Crippen LogP contribution in [-0.2, 0) is 9.53 Å². The topological polar surface area (TPSA) is 38.3 Å². The molecule has 1 saturated heterocycles. The number of carbonyl (C=O) groups excluding carboxylic acids is 1. The van der Waals surface area contributed by atoms with E-state index in [2.05, 4.69) is 5.32 Å². The van der Waals surface area contributed by atoms with Gasteiger partial charge in [0.05, 0.1) is 13.2 Å². The molecule has 1 aliphatic heterocycles. The van der Waals surface area contributed by atoms with Gasteiger partial charge in [0.15, 0.2) is 0 Å². The van der Waals surface area contributed by atoms with Crippen molar-refractivity contribution < 1.29 is 18.3 Å². The Morgan fingerprint density at radius 1 is 1.50 bits per heavy atom. The molecule has 0 aliphatic carbocycles. The molecule has 1 fully saturated rings. The van der Waals surface area contributed by atoms with Gasteiger partial charge >= 0.3 is 0 Å². The van der Waals surface area contributed by atoms with Crippen LogP contribution in [0, 0.1) is 5.92 Å². The zero-order valence-electron chi connectivity index (χ0n) is 11.0. The molecule has 1 heterocycles. The molecule has 0 aromatic heterocycles. The SMILES string of the molecule is CC(F)(F)C(COCCC=O)CC1CCCCN1. The molecule has 0 saturated carbocycles. The molecule has 3 nitrogen and oxygen atoms in total. The average Bonchev–Trinajstić information content (AvgIpc) is 2.33. The first-order valence-corrected chi connectivity index (χ1v) is 6.66. The second-order valence-electron chi connectivity index (χ2n) is 5.07. The Morgan fingerprint density at radius 2 is 2.28 bits per heavy atom. The predicted octanol–water partition coefficient (Wildman–Crippen LogP) is 2.40. The van der Waals surface area contributed by atoms with Gasteiger partial charge in [-0.25, -0.2) is 8.78 Å². The van der Waals surface area contributed by atoms with Crippen molar-refractivity contribution in [2.75, 3.05) is 19.8 Å². The summed E-state index contributed by atoms with van der Waals surface area (Å²) in [5, 5.41) is 3.28. The fraction of sp³-hybridized carbons (Fsp3) is 0.923. The number of hydrogen-bond acceptors (Lipinski definition) is 3. The highest BCUT2D eigenvalue weighted by molar-refractivity contribution is 5.49. The third-order valence-corrected chi connectivity index (χ3v) is 3.40. The zero-order chi connectivity index (χ0) is 13.4. The van der Waals surface area contributed by atoms with Crippen LogP contribution in [0.5, 0.6) is 0 Å². The van der Waals surface area contributed by atoms with Crippen molar-refractivity contribution in [3.63, 3.8) is 0 Å². The van der Waals surface area contributed by atoms with Gasteiger partial charge in [-0.1, -0.05) is 6.42 Å². The summed E-state index contributed by atoms with van der Waals surface area (Å²) in [6, 6.07) is 0.171. The van der Waals surface area contributed by atoms with Gasteiger partial charge in [-0.05, 0) is 32.7 Å². The van der Waals surface area contributed by atoms with E-state index < -0.39 is 11.8 Å². The molecule has 1 aliphatic rings. The standard InChI is InChI=1S/C13H23F2NO2/c1-13(14,15)11(10-18-8-4-7-17)9-12-5-2-3-6-16-12/h7,11-12,16H,2-6,8-10H2,1H3. The van der Waals surface area contributed by atoms with Crippen LogP contribution < -0.4 is 5.32 Å². The van der Waals surface area contributed by atoms with Gasteiger partial charge in [-0.3, -0.25) is 0 Å². The van der Waals surface area contributed by atoms with E-state index in [4.69, 9.17) is 4.74 Å². The molecule has 2 atom stereocenters. The van der Waals surface area contributed by atoms with Gasteiger partial charge in [0.1, 0.15) is 6.29 Å². The van der Waals surface area contributed by atoms with Crippen LogP contribution >= 0.6 is 0 Å². The van der Waals surface area contributed by atoms with Crippen LogP contribution in [-0.4, -0.2) is 38.0 Å². The molecule has 1 rings (SSSR count). The molecule has 0 bridgehead atoms. The minimum atomic E-state index is -2.74. The Balaban J connectivity index is 2.37. The van der Waals surface area contributed by atoms with E-state index in [1.165, 1.54) is 0 Å². The molecular weight excluding hydrogens is 240 g/mol. The Kier molecular flexibility index (Phi) is 6.71. The molecule has 5 heteroatoms. The average molecular weight is 263 g/mol. The lowest BCUT2D eigenvalue weighted by Gasteiger charge is -2.30. The lowest BCUT2D eigenvalue weighted by molar-refractivity contribution is -0.109. The third-order valence-electron chi connectivity index (χ3n) is 3.40. The molecule has 0 amide bonds. The van der Waals surface area contributed by atoms with E-state index in [0.29, 0.717) is 6.42 Å². The Bertz CT molecular complexity index is 238. The third kappa shape index (κ3) is 5.87. The number of alkyl halides is 2. The van der Waals surface area contributed by atoms with Gasteiger partial charge in [-0.2, -0.15) is 0 Å². The Labute approximate surface area is 107 Å². The number of carbonyl (C=O) groups is 1. The van der Waals surface area contributed by atoms with E-state index in [1.807, 2.05) is 0 Å². The summed E-state index contributed by atoms with van der Waals surface area (Å²) >= 11 is 0. The lowest BCUT2D eigenvalue weighted by atomic mass is 9.91.